The summed E-state index contributed by atoms with van der Waals surface area (Å²) in [6, 6.07) is 15.1. The average molecular weight is 305 g/mol. The lowest BCUT2D eigenvalue weighted by Gasteiger charge is -2.09. The first-order valence-electron chi connectivity index (χ1n) is 7.42. The van der Waals surface area contributed by atoms with Gasteiger partial charge in [-0.1, -0.05) is 19.1 Å². The van der Waals surface area contributed by atoms with E-state index in [4.69, 9.17) is 10.5 Å². The Hall–Kier alpha value is -3.15. The quantitative estimate of drug-likeness (QED) is 0.588. The second kappa shape index (κ2) is 5.24. The summed E-state index contributed by atoms with van der Waals surface area (Å²) in [5, 5.41) is 8.51. The fourth-order valence-electron chi connectivity index (χ4n) is 2.56. The van der Waals surface area contributed by atoms with Crippen LogP contribution in [0.4, 0.5) is 5.69 Å². The van der Waals surface area contributed by atoms with Crippen molar-refractivity contribution in [1.29, 1.82) is 0 Å². The van der Waals surface area contributed by atoms with Crippen molar-refractivity contribution in [3.63, 3.8) is 0 Å². The Morgan fingerprint density at radius 1 is 1.04 bits per heavy atom. The minimum absolute atomic E-state index is 0.431. The van der Waals surface area contributed by atoms with Crippen molar-refractivity contribution >= 4 is 22.4 Å². The van der Waals surface area contributed by atoms with Crippen LogP contribution in [0.2, 0.25) is 0 Å². The Bertz CT molecular complexity index is 991. The van der Waals surface area contributed by atoms with Gasteiger partial charge < -0.3 is 10.5 Å². The molecule has 6 nitrogen and oxygen atoms in total. The summed E-state index contributed by atoms with van der Waals surface area (Å²) in [5.41, 5.74) is 8.80. The van der Waals surface area contributed by atoms with Gasteiger partial charge >= 0.3 is 0 Å². The van der Waals surface area contributed by atoms with Crippen LogP contribution in [-0.2, 0) is 6.42 Å². The average Bonchev–Trinajstić information content (AvgIpc) is 3.02. The molecule has 0 aliphatic rings. The molecule has 0 spiro atoms. The van der Waals surface area contributed by atoms with Gasteiger partial charge in [-0.05, 0) is 36.4 Å². The molecule has 4 aromatic rings. The normalized spacial score (nSPS) is 11.2. The van der Waals surface area contributed by atoms with Gasteiger partial charge in [0, 0.05) is 12.1 Å². The molecule has 2 N–H and O–H groups in total. The highest BCUT2D eigenvalue weighted by Gasteiger charge is 2.15. The Balaban J connectivity index is 1.94. The van der Waals surface area contributed by atoms with E-state index in [0.29, 0.717) is 23.0 Å². The van der Waals surface area contributed by atoms with Crippen LogP contribution in [0.15, 0.2) is 48.5 Å². The van der Waals surface area contributed by atoms with Crippen molar-refractivity contribution < 1.29 is 4.74 Å². The second-order valence-corrected chi connectivity index (χ2v) is 5.21. The van der Waals surface area contributed by atoms with E-state index in [9.17, 15) is 0 Å². The molecule has 4 rings (SSSR count). The summed E-state index contributed by atoms with van der Waals surface area (Å²) < 4.78 is 7.92. The summed E-state index contributed by atoms with van der Waals surface area (Å²) in [5.74, 6) is 1.96. The summed E-state index contributed by atoms with van der Waals surface area (Å²) in [7, 11) is 0. The highest BCUT2D eigenvalue weighted by molar-refractivity contribution is 5.79. The van der Waals surface area contributed by atoms with Gasteiger partial charge in [0.2, 0.25) is 5.65 Å². The molecule has 0 aliphatic carbocycles. The lowest BCUT2D eigenvalue weighted by molar-refractivity contribution is 0.467. The van der Waals surface area contributed by atoms with Crippen LogP contribution in [0, 0.1) is 0 Å². The molecule has 0 atom stereocenters. The SMILES string of the molecule is CCc1nnc2c(Oc3ccc(N)cc3)nc3ccccc3n12. The van der Waals surface area contributed by atoms with E-state index in [-0.39, 0.29) is 0 Å². The third-order valence-corrected chi connectivity index (χ3v) is 3.68. The van der Waals surface area contributed by atoms with Crippen molar-refractivity contribution in [3.8, 4) is 11.6 Å². The van der Waals surface area contributed by atoms with E-state index in [2.05, 4.69) is 15.2 Å². The summed E-state index contributed by atoms with van der Waals surface area (Å²) in [6.45, 7) is 2.05. The molecule has 6 heteroatoms. The zero-order chi connectivity index (χ0) is 15.8. The Labute approximate surface area is 132 Å². The molecular weight excluding hydrogens is 290 g/mol. The molecule has 0 saturated carbocycles. The van der Waals surface area contributed by atoms with Crippen LogP contribution in [0.1, 0.15) is 12.7 Å². The first-order chi connectivity index (χ1) is 11.3. The van der Waals surface area contributed by atoms with Crippen LogP contribution in [0.3, 0.4) is 0 Å². The number of benzene rings is 2. The molecule has 0 amide bonds. The molecule has 23 heavy (non-hydrogen) atoms. The van der Waals surface area contributed by atoms with E-state index >= 15 is 0 Å². The van der Waals surface area contributed by atoms with Gasteiger partial charge in [-0.3, -0.25) is 4.40 Å². The molecule has 0 fully saturated rings. The zero-order valence-corrected chi connectivity index (χ0v) is 12.6. The standard InChI is InChI=1S/C17H15N5O/c1-2-15-20-21-16-17(23-12-9-7-11(18)8-10-12)19-13-5-3-4-6-14(13)22(15)16/h3-10H,2,18H2,1H3. The largest absolute Gasteiger partial charge is 0.436 e. The molecular formula is C17H15N5O. The molecule has 2 aromatic carbocycles. The minimum atomic E-state index is 0.431. The van der Waals surface area contributed by atoms with E-state index in [1.54, 1.807) is 24.3 Å². The topological polar surface area (TPSA) is 78.3 Å². The molecule has 0 aliphatic heterocycles. The van der Waals surface area contributed by atoms with Crippen LogP contribution in [-0.4, -0.2) is 19.6 Å². The van der Waals surface area contributed by atoms with E-state index in [1.165, 1.54) is 0 Å². The number of nitrogen functional groups attached to an aromatic ring is 1. The van der Waals surface area contributed by atoms with Gasteiger partial charge in [-0.2, -0.15) is 0 Å². The van der Waals surface area contributed by atoms with Crippen molar-refractivity contribution in [3.05, 3.63) is 54.4 Å². The Kier molecular flexibility index (Phi) is 3.08. The summed E-state index contributed by atoms with van der Waals surface area (Å²) >= 11 is 0. The molecule has 114 valence electrons. The highest BCUT2D eigenvalue weighted by Crippen LogP contribution is 2.27. The van der Waals surface area contributed by atoms with E-state index in [0.717, 1.165) is 23.3 Å². The molecule has 0 bridgehead atoms. The minimum Gasteiger partial charge on any atom is -0.436 e. The third kappa shape index (κ3) is 2.24. The number of hydrogen-bond donors (Lipinski definition) is 1. The maximum atomic E-state index is 5.92. The molecule has 0 radical (unpaired) electrons. The van der Waals surface area contributed by atoms with Gasteiger partial charge in [0.15, 0.2) is 0 Å². The zero-order valence-electron chi connectivity index (χ0n) is 12.6. The van der Waals surface area contributed by atoms with Crippen molar-refractivity contribution in [2.24, 2.45) is 0 Å². The molecule has 0 unspecified atom stereocenters. The van der Waals surface area contributed by atoms with E-state index in [1.807, 2.05) is 35.6 Å². The fourth-order valence-corrected chi connectivity index (χ4v) is 2.56. The third-order valence-electron chi connectivity index (χ3n) is 3.68. The number of aromatic nitrogens is 4. The number of ether oxygens (including phenoxy) is 1. The summed E-state index contributed by atoms with van der Waals surface area (Å²) in [4.78, 5) is 4.59. The maximum Gasteiger partial charge on any atom is 0.266 e. The first kappa shape index (κ1) is 13.5. The van der Waals surface area contributed by atoms with Crippen molar-refractivity contribution in [2.75, 3.05) is 5.73 Å². The van der Waals surface area contributed by atoms with E-state index < -0.39 is 0 Å². The highest BCUT2D eigenvalue weighted by atomic mass is 16.5. The predicted octanol–water partition coefficient (Wildman–Crippen LogP) is 3.21. The fraction of sp³-hybridized carbons (Fsp3) is 0.118. The van der Waals surface area contributed by atoms with Gasteiger partial charge in [-0.15, -0.1) is 10.2 Å². The van der Waals surface area contributed by atoms with Gasteiger partial charge in [0.25, 0.3) is 5.88 Å². The monoisotopic (exact) mass is 305 g/mol. The van der Waals surface area contributed by atoms with Crippen molar-refractivity contribution in [2.45, 2.75) is 13.3 Å². The maximum absolute atomic E-state index is 5.92. The first-order valence-corrected chi connectivity index (χ1v) is 7.42. The van der Waals surface area contributed by atoms with Gasteiger partial charge in [0.05, 0.1) is 11.0 Å². The Morgan fingerprint density at radius 2 is 1.83 bits per heavy atom. The molecule has 0 saturated heterocycles. The molecule has 2 heterocycles. The van der Waals surface area contributed by atoms with Crippen LogP contribution in [0.25, 0.3) is 16.7 Å². The van der Waals surface area contributed by atoms with Crippen LogP contribution in [0.5, 0.6) is 11.6 Å². The second-order valence-electron chi connectivity index (χ2n) is 5.21. The molecule has 2 aromatic heterocycles. The van der Waals surface area contributed by atoms with Crippen LogP contribution >= 0.6 is 0 Å². The smallest absolute Gasteiger partial charge is 0.266 e. The Morgan fingerprint density at radius 3 is 2.61 bits per heavy atom. The van der Waals surface area contributed by atoms with Gasteiger partial charge in [-0.25, -0.2) is 4.98 Å². The number of para-hydroxylation sites is 2. The predicted molar refractivity (Wildman–Crippen MR) is 88.6 cm³/mol. The number of nitrogens with two attached hydrogens (primary N) is 1. The number of hydrogen-bond acceptors (Lipinski definition) is 5. The van der Waals surface area contributed by atoms with Crippen LogP contribution < -0.4 is 10.5 Å². The lowest BCUT2D eigenvalue weighted by Crippen LogP contribution is -1.99. The number of rotatable bonds is 3. The number of fused-ring (bicyclic) bond motifs is 3. The van der Waals surface area contributed by atoms with Gasteiger partial charge in [0.1, 0.15) is 11.6 Å². The summed E-state index contributed by atoms with van der Waals surface area (Å²) in [6.07, 6.45) is 0.774. The lowest BCUT2D eigenvalue weighted by atomic mass is 10.3. The number of anilines is 1. The van der Waals surface area contributed by atoms with Crippen molar-refractivity contribution in [1.82, 2.24) is 19.6 Å². The number of nitrogens with zero attached hydrogens (tertiary/aromatic N) is 4. The number of aryl methyl sites for hydroxylation is 1.